The molecule has 0 saturated carbocycles. The van der Waals surface area contributed by atoms with Crippen LogP contribution in [0.25, 0.3) is 11.0 Å². The maximum atomic E-state index is 13.8. The van der Waals surface area contributed by atoms with Gasteiger partial charge in [0.1, 0.15) is 11.6 Å². The van der Waals surface area contributed by atoms with Crippen molar-refractivity contribution < 1.29 is 27.5 Å². The Bertz CT molecular complexity index is 1180. The number of rotatable bonds is 7. The summed E-state index contributed by atoms with van der Waals surface area (Å²) in [6.07, 6.45) is -4.85. The molecule has 0 fully saturated rings. The zero-order valence-corrected chi connectivity index (χ0v) is 19.0. The van der Waals surface area contributed by atoms with E-state index in [1.54, 1.807) is 6.07 Å². The Morgan fingerprint density at radius 2 is 1.79 bits per heavy atom. The van der Waals surface area contributed by atoms with Crippen molar-refractivity contribution in [2.75, 3.05) is 25.6 Å². The third kappa shape index (κ3) is 5.23. The van der Waals surface area contributed by atoms with Crippen molar-refractivity contribution in [1.29, 1.82) is 0 Å². The van der Waals surface area contributed by atoms with Crippen LogP contribution in [0.3, 0.4) is 0 Å². The molecular formula is C21H19Cl2F3N4O3. The summed E-state index contributed by atoms with van der Waals surface area (Å²) in [5, 5.41) is 5.19. The molecule has 176 valence electrons. The van der Waals surface area contributed by atoms with E-state index in [0.29, 0.717) is 0 Å². The summed E-state index contributed by atoms with van der Waals surface area (Å²) in [6.45, 7) is 1.66. The second-order valence-corrected chi connectivity index (χ2v) is 7.80. The summed E-state index contributed by atoms with van der Waals surface area (Å²) in [6, 6.07) is 7.46. The van der Waals surface area contributed by atoms with Crippen molar-refractivity contribution in [2.45, 2.75) is 19.1 Å². The number of imidazole rings is 1. The van der Waals surface area contributed by atoms with E-state index in [9.17, 15) is 22.8 Å². The summed E-state index contributed by atoms with van der Waals surface area (Å²) >= 11 is 12.1. The molecule has 0 saturated heterocycles. The number of nitrogens with zero attached hydrogens (tertiary/aromatic N) is 2. The normalized spacial score (nSPS) is 12.6. The molecule has 1 atom stereocenters. The third-order valence-corrected chi connectivity index (χ3v) is 5.41. The summed E-state index contributed by atoms with van der Waals surface area (Å²) in [4.78, 5) is 29.0. The molecule has 0 spiro atoms. The maximum Gasteiger partial charge on any atom is 0.449 e. The first-order valence-electron chi connectivity index (χ1n) is 9.66. The Balaban J connectivity index is 2.06. The number of amides is 2. The molecule has 7 nitrogen and oxygen atoms in total. The van der Waals surface area contributed by atoms with Gasteiger partial charge in [-0.25, -0.2) is 4.98 Å². The number of para-hydroxylation sites is 1. The molecule has 1 aromatic heterocycles. The summed E-state index contributed by atoms with van der Waals surface area (Å²) in [5.74, 6) is -2.63. The van der Waals surface area contributed by atoms with Crippen LogP contribution in [0.1, 0.15) is 29.1 Å². The van der Waals surface area contributed by atoms with E-state index < -0.39 is 29.9 Å². The summed E-state index contributed by atoms with van der Waals surface area (Å²) in [5.41, 5.74) is -0.151. The number of ether oxygens (including phenoxy) is 1. The number of alkyl halides is 3. The first kappa shape index (κ1) is 24.8. The van der Waals surface area contributed by atoms with Crippen molar-refractivity contribution in [3.8, 4) is 0 Å². The van der Waals surface area contributed by atoms with E-state index in [4.69, 9.17) is 27.9 Å². The zero-order valence-electron chi connectivity index (χ0n) is 17.5. The molecule has 3 aromatic rings. The lowest BCUT2D eigenvalue weighted by atomic mass is 10.2. The first-order chi connectivity index (χ1) is 15.6. The fourth-order valence-electron chi connectivity index (χ4n) is 3.25. The molecule has 0 aliphatic carbocycles. The lowest BCUT2D eigenvalue weighted by molar-refractivity contribution is -0.148. The minimum absolute atomic E-state index is 0.00438. The second kappa shape index (κ2) is 9.98. The Morgan fingerprint density at radius 1 is 1.15 bits per heavy atom. The van der Waals surface area contributed by atoms with Crippen LogP contribution in [0.2, 0.25) is 10.0 Å². The molecule has 2 aromatic carbocycles. The van der Waals surface area contributed by atoms with Gasteiger partial charge in [-0.2, -0.15) is 13.2 Å². The highest BCUT2D eigenvalue weighted by Crippen LogP contribution is 2.36. The number of halogens is 5. The lowest BCUT2D eigenvalue weighted by Gasteiger charge is -2.18. The van der Waals surface area contributed by atoms with Crippen LogP contribution in [-0.2, 0) is 15.7 Å². The van der Waals surface area contributed by atoms with E-state index >= 15 is 0 Å². The number of hydrogen-bond acceptors (Lipinski definition) is 4. The Hall–Kier alpha value is -2.82. The molecular weight excluding hydrogens is 484 g/mol. The van der Waals surface area contributed by atoms with Crippen molar-refractivity contribution in [3.63, 3.8) is 0 Å². The predicted octanol–water partition coefficient (Wildman–Crippen LogP) is 4.94. The first-order valence-corrected chi connectivity index (χ1v) is 10.4. The SMILES string of the molecule is COCCNC(=O)C(C)n1c(C(F)(F)F)nc2c(NC(=O)c3c(Cl)cccc3Cl)cccc21. The molecule has 1 heterocycles. The van der Waals surface area contributed by atoms with Gasteiger partial charge in [-0.15, -0.1) is 0 Å². The van der Waals surface area contributed by atoms with Crippen molar-refractivity contribution in [2.24, 2.45) is 0 Å². The van der Waals surface area contributed by atoms with Crippen molar-refractivity contribution >= 4 is 51.7 Å². The predicted molar refractivity (Wildman–Crippen MR) is 119 cm³/mol. The quantitative estimate of drug-likeness (QED) is 0.448. The molecule has 33 heavy (non-hydrogen) atoms. The molecule has 2 N–H and O–H groups in total. The van der Waals surface area contributed by atoms with E-state index in [1.807, 2.05) is 0 Å². The topological polar surface area (TPSA) is 85.2 Å². The van der Waals surface area contributed by atoms with Crippen molar-refractivity contribution in [1.82, 2.24) is 14.9 Å². The van der Waals surface area contributed by atoms with Gasteiger partial charge in [-0.3, -0.25) is 9.59 Å². The maximum absolute atomic E-state index is 13.8. The summed E-state index contributed by atoms with van der Waals surface area (Å²) in [7, 11) is 1.44. The lowest BCUT2D eigenvalue weighted by Crippen LogP contribution is -2.34. The van der Waals surface area contributed by atoms with E-state index in [-0.39, 0.29) is 45.5 Å². The highest BCUT2D eigenvalue weighted by atomic mass is 35.5. The molecule has 0 radical (unpaired) electrons. The van der Waals surface area contributed by atoms with Crippen LogP contribution in [0, 0.1) is 0 Å². The smallest absolute Gasteiger partial charge is 0.383 e. The standard InChI is InChI=1S/C21H19Cl2F3N4O3/c1-11(18(31)27-9-10-33-2)30-15-8-4-7-14(17(15)29-20(30)21(24,25)26)28-19(32)16-12(22)5-3-6-13(16)23/h3-8,11H,9-10H2,1-2H3,(H,27,31)(H,28,32). The van der Waals surface area contributed by atoms with Gasteiger partial charge in [0, 0.05) is 13.7 Å². The van der Waals surface area contributed by atoms with Gasteiger partial charge in [0.05, 0.1) is 33.4 Å². The van der Waals surface area contributed by atoms with Crippen molar-refractivity contribution in [3.05, 3.63) is 57.8 Å². The highest BCUT2D eigenvalue weighted by molar-refractivity contribution is 6.40. The Labute approximate surface area is 196 Å². The number of methoxy groups -OCH3 is 1. The number of benzene rings is 2. The largest absolute Gasteiger partial charge is 0.449 e. The van der Waals surface area contributed by atoms with E-state index in [1.165, 1.54) is 44.4 Å². The highest BCUT2D eigenvalue weighted by Gasteiger charge is 2.40. The monoisotopic (exact) mass is 502 g/mol. The van der Waals surface area contributed by atoms with Gasteiger partial charge in [0.15, 0.2) is 0 Å². The number of carbonyl (C=O) groups excluding carboxylic acids is 2. The number of hydrogen-bond donors (Lipinski definition) is 2. The van der Waals surface area contributed by atoms with Crippen LogP contribution in [0.15, 0.2) is 36.4 Å². The number of fused-ring (bicyclic) bond motifs is 1. The van der Waals surface area contributed by atoms with Crippen LogP contribution < -0.4 is 10.6 Å². The van der Waals surface area contributed by atoms with Crippen LogP contribution in [0.4, 0.5) is 18.9 Å². The van der Waals surface area contributed by atoms with Gasteiger partial charge in [0.25, 0.3) is 5.91 Å². The number of nitrogens with one attached hydrogen (secondary N) is 2. The molecule has 2 amide bonds. The Morgan fingerprint density at radius 3 is 2.39 bits per heavy atom. The fraction of sp³-hybridized carbons (Fsp3) is 0.286. The van der Waals surface area contributed by atoms with Gasteiger partial charge in [-0.1, -0.05) is 35.3 Å². The van der Waals surface area contributed by atoms with Gasteiger partial charge in [0.2, 0.25) is 11.7 Å². The van der Waals surface area contributed by atoms with Crippen LogP contribution in [0.5, 0.6) is 0 Å². The number of carbonyl (C=O) groups is 2. The Kier molecular flexibility index (Phi) is 7.51. The van der Waals surface area contributed by atoms with E-state index in [2.05, 4.69) is 15.6 Å². The average molecular weight is 503 g/mol. The summed E-state index contributed by atoms with van der Waals surface area (Å²) < 4.78 is 47.1. The minimum atomic E-state index is -4.85. The van der Waals surface area contributed by atoms with E-state index in [0.717, 1.165) is 4.57 Å². The van der Waals surface area contributed by atoms with Crippen LogP contribution >= 0.6 is 23.2 Å². The molecule has 3 rings (SSSR count). The van der Waals surface area contributed by atoms with Gasteiger partial charge in [-0.05, 0) is 31.2 Å². The molecule has 0 aliphatic rings. The van der Waals surface area contributed by atoms with Gasteiger partial charge < -0.3 is 19.9 Å². The minimum Gasteiger partial charge on any atom is -0.383 e. The van der Waals surface area contributed by atoms with Crippen LogP contribution in [-0.4, -0.2) is 41.6 Å². The second-order valence-electron chi connectivity index (χ2n) is 6.99. The number of anilines is 1. The molecule has 0 aliphatic heterocycles. The van der Waals surface area contributed by atoms with Gasteiger partial charge >= 0.3 is 6.18 Å². The fourth-order valence-corrected chi connectivity index (χ4v) is 3.82. The zero-order chi connectivity index (χ0) is 24.3. The molecule has 1 unspecified atom stereocenters. The number of aromatic nitrogens is 2. The molecule has 0 bridgehead atoms. The third-order valence-electron chi connectivity index (χ3n) is 4.78. The molecule has 12 heteroatoms. The average Bonchev–Trinajstić information content (AvgIpc) is 3.14.